The molecule has 4 rings (SSSR count). The highest BCUT2D eigenvalue weighted by Gasteiger charge is 2.09. The largest absolute Gasteiger partial charge is 0.453 e. The van der Waals surface area contributed by atoms with Crippen molar-refractivity contribution in [3.8, 4) is 10.8 Å². The third kappa shape index (κ3) is 4.27. The molecule has 0 aliphatic carbocycles. The van der Waals surface area contributed by atoms with E-state index in [0.717, 1.165) is 20.9 Å². The molecule has 0 saturated heterocycles. The van der Waals surface area contributed by atoms with Crippen LogP contribution in [0.3, 0.4) is 0 Å². The number of amides is 1. The number of aryl methyl sites for hydroxylation is 1. The number of thiazole rings is 1. The fourth-order valence-electron chi connectivity index (χ4n) is 2.58. The lowest BCUT2D eigenvalue weighted by molar-refractivity contribution is -0.119. The van der Waals surface area contributed by atoms with E-state index >= 15 is 0 Å². The maximum absolute atomic E-state index is 11.9. The minimum Gasteiger partial charge on any atom is -0.453 e. The quantitative estimate of drug-likeness (QED) is 0.377. The minimum absolute atomic E-state index is 0.134. The smallest absolute Gasteiger partial charge is 0.259 e. The summed E-state index contributed by atoms with van der Waals surface area (Å²) in [5, 5.41) is 7.80. The standard InChI is InChI=1S/C21H18N4O2S/c1-14-6-8-15(9-7-14)22-13-20(26)25-23-12-16-10-11-18(27-16)21-24-17-4-2-3-5-19(17)28-21/h2-12,22H,13H2,1H3,(H,25,26)/b23-12-. The number of carbonyl (C=O) groups excluding carboxylic acids is 1. The molecule has 2 N–H and O–H groups in total. The number of benzene rings is 2. The molecule has 0 saturated carbocycles. The van der Waals surface area contributed by atoms with E-state index in [4.69, 9.17) is 4.42 Å². The maximum Gasteiger partial charge on any atom is 0.259 e. The minimum atomic E-state index is -0.241. The van der Waals surface area contributed by atoms with Crippen molar-refractivity contribution in [2.75, 3.05) is 11.9 Å². The summed E-state index contributed by atoms with van der Waals surface area (Å²) in [6, 6.07) is 19.4. The number of fused-ring (bicyclic) bond motifs is 1. The second kappa shape index (κ2) is 8.06. The Kier molecular flexibility index (Phi) is 5.16. The number of nitrogens with one attached hydrogen (secondary N) is 2. The Bertz CT molecular complexity index is 1100. The first-order chi connectivity index (χ1) is 13.7. The number of hydrazone groups is 1. The zero-order valence-corrected chi connectivity index (χ0v) is 16.0. The van der Waals surface area contributed by atoms with Gasteiger partial charge in [-0.25, -0.2) is 10.4 Å². The van der Waals surface area contributed by atoms with Gasteiger partial charge in [0.05, 0.1) is 23.0 Å². The number of nitrogens with zero attached hydrogens (tertiary/aromatic N) is 2. The number of anilines is 1. The Morgan fingerprint density at radius 3 is 2.79 bits per heavy atom. The molecule has 140 valence electrons. The highest BCUT2D eigenvalue weighted by Crippen LogP contribution is 2.30. The number of furan rings is 1. The van der Waals surface area contributed by atoms with Crippen LogP contribution in [-0.4, -0.2) is 23.7 Å². The van der Waals surface area contributed by atoms with Crippen LogP contribution in [0.1, 0.15) is 11.3 Å². The van der Waals surface area contributed by atoms with Gasteiger partial charge in [-0.05, 0) is 43.3 Å². The van der Waals surface area contributed by atoms with Crippen LogP contribution in [0.2, 0.25) is 0 Å². The molecule has 6 nitrogen and oxygen atoms in total. The van der Waals surface area contributed by atoms with Gasteiger partial charge in [0.25, 0.3) is 5.91 Å². The molecule has 0 aliphatic heterocycles. The van der Waals surface area contributed by atoms with Crippen molar-refractivity contribution < 1.29 is 9.21 Å². The number of carbonyl (C=O) groups is 1. The number of para-hydroxylation sites is 1. The first kappa shape index (κ1) is 17.9. The summed E-state index contributed by atoms with van der Waals surface area (Å²) >= 11 is 1.57. The van der Waals surface area contributed by atoms with Crippen molar-refractivity contribution in [1.29, 1.82) is 0 Å². The van der Waals surface area contributed by atoms with E-state index in [-0.39, 0.29) is 12.5 Å². The van der Waals surface area contributed by atoms with Gasteiger partial charge in [0.2, 0.25) is 0 Å². The lowest BCUT2D eigenvalue weighted by atomic mass is 10.2. The summed E-state index contributed by atoms with van der Waals surface area (Å²) in [6.07, 6.45) is 1.47. The predicted octanol–water partition coefficient (Wildman–Crippen LogP) is 4.43. The van der Waals surface area contributed by atoms with Crippen molar-refractivity contribution >= 4 is 39.4 Å². The fraction of sp³-hybridized carbons (Fsp3) is 0.0952. The van der Waals surface area contributed by atoms with Crippen LogP contribution >= 0.6 is 11.3 Å². The average molecular weight is 390 g/mol. The SMILES string of the molecule is Cc1ccc(NCC(=O)N/N=C\c2ccc(-c3nc4ccccc4s3)o2)cc1. The number of rotatable bonds is 6. The Hall–Kier alpha value is -3.45. The summed E-state index contributed by atoms with van der Waals surface area (Å²) in [6.45, 7) is 2.15. The Morgan fingerprint density at radius 2 is 1.96 bits per heavy atom. The zero-order chi connectivity index (χ0) is 19.3. The fourth-order valence-corrected chi connectivity index (χ4v) is 3.50. The molecule has 7 heteroatoms. The molecule has 0 fully saturated rings. The van der Waals surface area contributed by atoms with E-state index < -0.39 is 0 Å². The Balaban J connectivity index is 1.32. The van der Waals surface area contributed by atoms with E-state index in [1.807, 2.05) is 61.5 Å². The number of hydrogen-bond acceptors (Lipinski definition) is 6. The molecule has 0 atom stereocenters. The predicted molar refractivity (Wildman–Crippen MR) is 113 cm³/mol. The van der Waals surface area contributed by atoms with Crippen molar-refractivity contribution in [2.45, 2.75) is 6.92 Å². The highest BCUT2D eigenvalue weighted by atomic mass is 32.1. The van der Waals surface area contributed by atoms with Crippen LogP contribution in [0.5, 0.6) is 0 Å². The van der Waals surface area contributed by atoms with Crippen LogP contribution < -0.4 is 10.7 Å². The third-order valence-corrected chi connectivity index (χ3v) is 5.07. The lowest BCUT2D eigenvalue weighted by Gasteiger charge is -2.05. The average Bonchev–Trinajstić information content (AvgIpc) is 3.34. The highest BCUT2D eigenvalue weighted by molar-refractivity contribution is 7.21. The first-order valence-corrected chi connectivity index (χ1v) is 9.57. The van der Waals surface area contributed by atoms with Gasteiger partial charge in [-0.2, -0.15) is 5.10 Å². The van der Waals surface area contributed by atoms with Crippen molar-refractivity contribution in [2.24, 2.45) is 5.10 Å². The van der Waals surface area contributed by atoms with Gasteiger partial charge in [0.15, 0.2) is 10.8 Å². The van der Waals surface area contributed by atoms with E-state index in [2.05, 4.69) is 20.8 Å². The molecule has 0 unspecified atom stereocenters. The molecular weight excluding hydrogens is 372 g/mol. The van der Waals surface area contributed by atoms with Crippen LogP contribution in [0.25, 0.3) is 21.0 Å². The lowest BCUT2D eigenvalue weighted by Crippen LogP contribution is -2.25. The molecule has 28 heavy (non-hydrogen) atoms. The van der Waals surface area contributed by atoms with E-state index in [1.165, 1.54) is 11.8 Å². The van der Waals surface area contributed by atoms with Crippen molar-refractivity contribution in [3.63, 3.8) is 0 Å². The zero-order valence-electron chi connectivity index (χ0n) is 15.2. The van der Waals surface area contributed by atoms with Gasteiger partial charge in [-0.15, -0.1) is 11.3 Å². The first-order valence-electron chi connectivity index (χ1n) is 8.75. The molecule has 0 bridgehead atoms. The van der Waals surface area contributed by atoms with Gasteiger partial charge in [0.1, 0.15) is 5.76 Å². The van der Waals surface area contributed by atoms with Crippen molar-refractivity contribution in [1.82, 2.24) is 10.4 Å². The van der Waals surface area contributed by atoms with Crippen LogP contribution in [0.4, 0.5) is 5.69 Å². The summed E-state index contributed by atoms with van der Waals surface area (Å²) in [7, 11) is 0. The monoisotopic (exact) mass is 390 g/mol. The summed E-state index contributed by atoms with van der Waals surface area (Å²) in [4.78, 5) is 16.4. The molecule has 2 aromatic heterocycles. The number of aromatic nitrogens is 1. The second-order valence-corrected chi connectivity index (χ2v) is 7.23. The topological polar surface area (TPSA) is 79.5 Å². The van der Waals surface area contributed by atoms with Gasteiger partial charge in [-0.1, -0.05) is 29.8 Å². The molecule has 0 radical (unpaired) electrons. The molecule has 2 heterocycles. The van der Waals surface area contributed by atoms with Crippen LogP contribution in [0.15, 0.2) is 70.2 Å². The van der Waals surface area contributed by atoms with Crippen molar-refractivity contribution in [3.05, 3.63) is 72.0 Å². The third-order valence-electron chi connectivity index (χ3n) is 4.02. The molecular formula is C21H18N4O2S. The summed E-state index contributed by atoms with van der Waals surface area (Å²) in [5.74, 6) is 0.978. The summed E-state index contributed by atoms with van der Waals surface area (Å²) < 4.78 is 6.86. The Morgan fingerprint density at radius 1 is 1.14 bits per heavy atom. The van der Waals surface area contributed by atoms with Gasteiger partial charge < -0.3 is 9.73 Å². The Labute approximate surface area is 165 Å². The molecule has 4 aromatic rings. The molecule has 2 aromatic carbocycles. The van der Waals surface area contributed by atoms with E-state index in [1.54, 1.807) is 17.4 Å². The van der Waals surface area contributed by atoms with Gasteiger partial charge >= 0.3 is 0 Å². The van der Waals surface area contributed by atoms with Gasteiger partial charge in [-0.3, -0.25) is 4.79 Å². The summed E-state index contributed by atoms with van der Waals surface area (Å²) in [5.41, 5.74) is 5.48. The molecule has 0 aliphatic rings. The maximum atomic E-state index is 11.9. The van der Waals surface area contributed by atoms with Crippen LogP contribution in [0, 0.1) is 6.92 Å². The van der Waals surface area contributed by atoms with Gasteiger partial charge in [0, 0.05) is 5.69 Å². The van der Waals surface area contributed by atoms with Crippen LogP contribution in [-0.2, 0) is 4.79 Å². The number of hydrogen-bond donors (Lipinski definition) is 2. The van der Waals surface area contributed by atoms with E-state index in [0.29, 0.717) is 11.5 Å². The molecule has 0 spiro atoms. The normalized spacial score (nSPS) is 11.2. The van der Waals surface area contributed by atoms with E-state index in [9.17, 15) is 4.79 Å². The second-order valence-electron chi connectivity index (χ2n) is 6.20. The molecule has 1 amide bonds.